The molecule has 0 fully saturated rings. The molecule has 2 rings (SSSR count). The highest BCUT2D eigenvalue weighted by Gasteiger charge is 2.10. The lowest BCUT2D eigenvalue weighted by atomic mass is 10.2. The Morgan fingerprint density at radius 1 is 1.22 bits per heavy atom. The number of thiocarbonyl (C=S) groups is 1. The smallest absolute Gasteiger partial charge is 0.184 e. The zero-order chi connectivity index (χ0) is 16.8. The molecule has 0 aliphatic rings. The van der Waals surface area contributed by atoms with E-state index < -0.39 is 0 Å². The number of ether oxygens (including phenoxy) is 1. The average Bonchev–Trinajstić information content (AvgIpc) is 2.51. The lowest BCUT2D eigenvalue weighted by Gasteiger charge is -2.11. The highest BCUT2D eigenvalue weighted by molar-refractivity contribution is 7.80. The Morgan fingerprint density at radius 2 is 1.96 bits per heavy atom. The molecule has 0 aromatic heterocycles. The highest BCUT2D eigenvalue weighted by Crippen LogP contribution is 2.32. The van der Waals surface area contributed by atoms with Crippen molar-refractivity contribution in [1.29, 1.82) is 0 Å². The molecule has 0 saturated carbocycles. The van der Waals surface area contributed by atoms with E-state index in [1.165, 1.54) is 0 Å². The van der Waals surface area contributed by atoms with Gasteiger partial charge in [-0.1, -0.05) is 46.9 Å². The molecule has 4 nitrogen and oxygen atoms in total. The van der Waals surface area contributed by atoms with E-state index >= 15 is 0 Å². The highest BCUT2D eigenvalue weighted by atomic mass is 35.5. The Kier molecular flexibility index (Phi) is 6.47. The maximum Gasteiger partial charge on any atom is 0.184 e. The van der Waals surface area contributed by atoms with Crippen LogP contribution in [0.3, 0.4) is 0 Å². The first-order valence-corrected chi connectivity index (χ1v) is 7.95. The van der Waals surface area contributed by atoms with Crippen molar-refractivity contribution < 1.29 is 4.74 Å². The lowest BCUT2D eigenvalue weighted by Crippen LogP contribution is -2.23. The van der Waals surface area contributed by atoms with Crippen molar-refractivity contribution >= 4 is 58.3 Å². The van der Waals surface area contributed by atoms with E-state index in [4.69, 9.17) is 45.3 Å². The predicted octanol–water partition coefficient (Wildman–Crippen LogP) is 4.39. The minimum Gasteiger partial charge on any atom is -0.489 e. The predicted molar refractivity (Wildman–Crippen MR) is 99.8 cm³/mol. The van der Waals surface area contributed by atoms with Gasteiger partial charge in [-0.3, -0.25) is 5.43 Å². The average molecular weight is 389 g/mol. The van der Waals surface area contributed by atoms with Crippen LogP contribution in [0.1, 0.15) is 11.1 Å². The van der Waals surface area contributed by atoms with Gasteiger partial charge < -0.3 is 10.5 Å². The first-order chi connectivity index (χ1) is 11.0. The molecule has 0 aliphatic heterocycles. The fraction of sp³-hybridized carbons (Fsp3) is 0.0667. The third-order valence-electron chi connectivity index (χ3n) is 2.77. The number of hydrogen-bond acceptors (Lipinski definition) is 3. The van der Waals surface area contributed by atoms with Gasteiger partial charge in [0.15, 0.2) is 5.11 Å². The van der Waals surface area contributed by atoms with Crippen LogP contribution in [0.5, 0.6) is 5.75 Å². The van der Waals surface area contributed by atoms with E-state index in [-0.39, 0.29) is 11.7 Å². The molecule has 0 aliphatic carbocycles. The van der Waals surface area contributed by atoms with Gasteiger partial charge in [0.25, 0.3) is 0 Å². The molecule has 0 radical (unpaired) electrons. The summed E-state index contributed by atoms with van der Waals surface area (Å²) in [6.45, 7) is 0.198. The molecule has 0 amide bonds. The second-order valence-corrected chi connectivity index (χ2v) is 6.05. The van der Waals surface area contributed by atoms with Crippen LogP contribution >= 0.6 is 47.0 Å². The van der Waals surface area contributed by atoms with E-state index in [2.05, 4.69) is 22.7 Å². The number of nitrogens with zero attached hydrogens (tertiary/aromatic N) is 1. The van der Waals surface area contributed by atoms with Crippen molar-refractivity contribution in [2.24, 2.45) is 10.8 Å². The number of halogens is 3. The van der Waals surface area contributed by atoms with E-state index in [0.717, 1.165) is 5.56 Å². The largest absolute Gasteiger partial charge is 0.489 e. The molecule has 23 heavy (non-hydrogen) atoms. The summed E-state index contributed by atoms with van der Waals surface area (Å²) in [5.74, 6) is 0.636. The van der Waals surface area contributed by atoms with Crippen LogP contribution in [0, 0.1) is 0 Å². The zero-order valence-corrected chi connectivity index (χ0v) is 14.8. The van der Waals surface area contributed by atoms with Gasteiger partial charge in [0.05, 0.1) is 16.3 Å². The Hall–Kier alpha value is -1.53. The maximum absolute atomic E-state index is 6.14. The third-order valence-corrected chi connectivity index (χ3v) is 4.06. The van der Waals surface area contributed by atoms with E-state index in [1.54, 1.807) is 24.4 Å². The molecule has 0 saturated heterocycles. The second-order valence-electron chi connectivity index (χ2n) is 4.42. The van der Waals surface area contributed by atoms with Gasteiger partial charge in [-0.15, -0.1) is 0 Å². The van der Waals surface area contributed by atoms with Gasteiger partial charge >= 0.3 is 0 Å². The summed E-state index contributed by atoms with van der Waals surface area (Å²) in [6.07, 6.45) is 1.57. The normalized spacial score (nSPS) is 10.7. The van der Waals surface area contributed by atoms with Crippen LogP contribution in [-0.2, 0) is 6.61 Å². The Balaban J connectivity index is 2.08. The number of nitrogens with one attached hydrogen (secondary N) is 1. The molecular formula is C15H12Cl3N3OS. The molecular weight excluding hydrogens is 377 g/mol. The Bertz CT molecular complexity index is 753. The van der Waals surface area contributed by atoms with Gasteiger partial charge in [0.2, 0.25) is 0 Å². The Labute approximate surface area is 154 Å². The van der Waals surface area contributed by atoms with Gasteiger partial charge in [0.1, 0.15) is 12.4 Å². The van der Waals surface area contributed by atoms with Crippen molar-refractivity contribution in [3.63, 3.8) is 0 Å². The molecule has 120 valence electrons. The van der Waals surface area contributed by atoms with Crippen LogP contribution < -0.4 is 15.9 Å². The van der Waals surface area contributed by atoms with Gasteiger partial charge in [-0.25, -0.2) is 0 Å². The molecule has 2 aromatic rings. The van der Waals surface area contributed by atoms with E-state index in [0.29, 0.717) is 26.4 Å². The summed E-state index contributed by atoms with van der Waals surface area (Å²) in [4.78, 5) is 0. The minimum atomic E-state index is 0.0962. The maximum atomic E-state index is 6.14. The number of hydrogen-bond donors (Lipinski definition) is 2. The zero-order valence-electron chi connectivity index (χ0n) is 11.7. The molecule has 0 bridgehead atoms. The van der Waals surface area contributed by atoms with Crippen molar-refractivity contribution in [3.05, 3.63) is 62.6 Å². The third kappa shape index (κ3) is 5.25. The quantitative estimate of drug-likeness (QED) is 0.345. The van der Waals surface area contributed by atoms with Gasteiger partial charge in [0, 0.05) is 10.6 Å². The number of hydrazone groups is 1. The SMILES string of the molecule is NC(=S)N/N=C/c1cccc(OCc2c(Cl)ccc(Cl)c2Cl)c1. The van der Waals surface area contributed by atoms with Crippen LogP contribution in [0.15, 0.2) is 41.5 Å². The van der Waals surface area contributed by atoms with Crippen LogP contribution in [0.2, 0.25) is 15.1 Å². The fourth-order valence-electron chi connectivity index (χ4n) is 1.71. The molecule has 0 atom stereocenters. The monoisotopic (exact) mass is 387 g/mol. The molecule has 0 spiro atoms. The molecule has 2 aromatic carbocycles. The lowest BCUT2D eigenvalue weighted by molar-refractivity contribution is 0.306. The summed E-state index contributed by atoms with van der Waals surface area (Å²) in [5, 5.41) is 5.29. The standard InChI is InChI=1S/C15H12Cl3N3OS/c16-12-4-5-13(17)14(18)11(12)8-22-10-3-1-2-9(6-10)7-20-21-15(19)23/h1-7H,8H2,(H3,19,21,23)/b20-7+. The summed E-state index contributed by atoms with van der Waals surface area (Å²) < 4.78 is 5.72. The second kappa shape index (κ2) is 8.36. The topological polar surface area (TPSA) is 59.6 Å². The minimum absolute atomic E-state index is 0.0962. The molecule has 3 N–H and O–H groups in total. The van der Waals surface area contributed by atoms with Crippen molar-refractivity contribution in [2.45, 2.75) is 6.61 Å². The molecule has 8 heteroatoms. The van der Waals surface area contributed by atoms with Gasteiger partial charge in [-0.05, 0) is 42.0 Å². The number of nitrogens with two attached hydrogens (primary N) is 1. The van der Waals surface area contributed by atoms with Crippen LogP contribution in [0.4, 0.5) is 0 Å². The first kappa shape index (κ1) is 17.8. The van der Waals surface area contributed by atoms with Crippen molar-refractivity contribution in [3.8, 4) is 5.75 Å². The summed E-state index contributed by atoms with van der Waals surface area (Å²) in [5.41, 5.74) is 9.21. The van der Waals surface area contributed by atoms with E-state index in [9.17, 15) is 0 Å². The van der Waals surface area contributed by atoms with Crippen molar-refractivity contribution in [2.75, 3.05) is 0 Å². The fourth-order valence-corrected chi connectivity index (χ4v) is 2.42. The summed E-state index contributed by atoms with van der Waals surface area (Å²) in [6, 6.07) is 10.6. The van der Waals surface area contributed by atoms with Gasteiger partial charge in [-0.2, -0.15) is 5.10 Å². The summed E-state index contributed by atoms with van der Waals surface area (Å²) >= 11 is 22.9. The Morgan fingerprint density at radius 3 is 2.70 bits per heavy atom. The molecule has 0 unspecified atom stereocenters. The molecule has 0 heterocycles. The van der Waals surface area contributed by atoms with Crippen molar-refractivity contribution in [1.82, 2.24) is 5.43 Å². The summed E-state index contributed by atoms with van der Waals surface area (Å²) in [7, 11) is 0. The number of rotatable bonds is 5. The van der Waals surface area contributed by atoms with Crippen LogP contribution in [0.25, 0.3) is 0 Å². The van der Waals surface area contributed by atoms with Crippen LogP contribution in [-0.4, -0.2) is 11.3 Å². The first-order valence-electron chi connectivity index (χ1n) is 6.41. The van der Waals surface area contributed by atoms with E-state index in [1.807, 2.05) is 18.2 Å². The number of benzene rings is 2.